The molecule has 0 aromatic heterocycles. The Morgan fingerprint density at radius 2 is 2.08 bits per heavy atom. The van der Waals surface area contributed by atoms with Gasteiger partial charge in [0.25, 0.3) is 0 Å². The molecule has 0 saturated carbocycles. The molecule has 0 aliphatic carbocycles. The third-order valence-corrected chi connectivity index (χ3v) is 3.28. The Bertz CT molecular complexity index is 191. The van der Waals surface area contributed by atoms with Gasteiger partial charge in [0.05, 0.1) is 6.54 Å². The van der Waals surface area contributed by atoms with Gasteiger partial charge in [0.15, 0.2) is 13.6 Å². The highest BCUT2D eigenvalue weighted by atomic mass is 16.3. The number of nitrogens with zero attached hydrogens (tertiary/aromatic N) is 1. The monoisotopic (exact) mass is 171 g/mol. The predicted molar refractivity (Wildman–Crippen MR) is 50.2 cm³/mol. The first-order valence-corrected chi connectivity index (χ1v) is 4.48. The number of piperidine rings is 3. The van der Waals surface area contributed by atoms with E-state index in [1.54, 1.807) is 0 Å². The second-order valence-corrected chi connectivity index (χ2v) is 3.90. The van der Waals surface area contributed by atoms with E-state index in [-0.39, 0.29) is 5.60 Å². The highest BCUT2D eigenvalue weighted by molar-refractivity contribution is 5.97. The average Bonchev–Trinajstić information content (AvgIpc) is 2.04. The maximum atomic E-state index is 10.3. The molecule has 3 rings (SSSR count). The standard InChI is InChI=1S/C8H19BN2O/c9-11-3-1-7(2-4-11)8(12,5-10)6-11/h7,12H,1-6,10H2,9H3/p+1. The van der Waals surface area contributed by atoms with Crippen LogP contribution in [-0.4, -0.2) is 49.3 Å². The summed E-state index contributed by atoms with van der Waals surface area (Å²) in [6, 6.07) is 0. The van der Waals surface area contributed by atoms with Gasteiger partial charge in [-0.2, -0.15) is 0 Å². The lowest BCUT2D eigenvalue weighted by Crippen LogP contribution is -2.75. The maximum absolute atomic E-state index is 10.3. The van der Waals surface area contributed by atoms with Crippen LogP contribution in [0.3, 0.4) is 0 Å². The molecule has 3 saturated heterocycles. The number of rotatable bonds is 1. The van der Waals surface area contributed by atoms with Crippen molar-refractivity contribution in [3.63, 3.8) is 0 Å². The predicted octanol–water partition coefficient (Wildman–Crippen LogP) is -2.52. The van der Waals surface area contributed by atoms with Crippen molar-refractivity contribution in [3.05, 3.63) is 0 Å². The molecule has 1 unspecified atom stereocenters. The summed E-state index contributed by atoms with van der Waals surface area (Å²) in [4.78, 5) is 0. The van der Waals surface area contributed by atoms with E-state index in [0.29, 0.717) is 13.9 Å². The van der Waals surface area contributed by atoms with Crippen molar-refractivity contribution in [1.29, 1.82) is 0 Å². The first-order chi connectivity index (χ1) is 5.58. The van der Waals surface area contributed by atoms with Crippen LogP contribution in [0.15, 0.2) is 0 Å². The Morgan fingerprint density at radius 1 is 1.50 bits per heavy atom. The van der Waals surface area contributed by atoms with E-state index in [1.165, 1.54) is 30.3 Å². The molecule has 12 heavy (non-hydrogen) atoms. The molecule has 0 spiro atoms. The van der Waals surface area contributed by atoms with E-state index in [0.717, 1.165) is 13.1 Å². The van der Waals surface area contributed by atoms with Crippen LogP contribution in [-0.2, 0) is 0 Å². The van der Waals surface area contributed by atoms with Crippen LogP contribution >= 0.6 is 0 Å². The molecule has 0 aromatic carbocycles. The number of hydrogen-bond donors (Lipinski definition) is 2. The Labute approximate surface area is 74.6 Å². The molecule has 0 amide bonds. The fourth-order valence-corrected chi connectivity index (χ4v) is 2.43. The van der Waals surface area contributed by atoms with Crippen molar-refractivity contribution >= 4 is 7.98 Å². The molecule has 4 N–H and O–H groups in total. The second-order valence-electron chi connectivity index (χ2n) is 3.90. The minimum absolute atomic E-state index is 0.341. The molecule has 2 bridgehead atoms. The molecular formula is C8H20BN2O+. The molecular weight excluding hydrogens is 151 g/mol. The molecule has 4 heteroatoms. The Kier molecular flexibility index (Phi) is 1.76. The lowest BCUT2D eigenvalue weighted by molar-refractivity contribution is -0.848. The van der Waals surface area contributed by atoms with Crippen LogP contribution in [0.2, 0.25) is 0 Å². The summed E-state index contributed by atoms with van der Waals surface area (Å²) < 4.78 is 1.32. The summed E-state index contributed by atoms with van der Waals surface area (Å²) in [5.74, 6) is 0.577. The van der Waals surface area contributed by atoms with Crippen molar-refractivity contribution in [2.24, 2.45) is 5.92 Å². The number of hydrogen-bond acceptors (Lipinski definition) is 1. The smallest absolute Gasteiger partial charge is 0.169 e. The fraction of sp³-hybridized carbons (Fsp3) is 1.00. The third kappa shape index (κ3) is 1.10. The molecule has 3 fully saturated rings. The van der Waals surface area contributed by atoms with Crippen molar-refractivity contribution in [2.75, 3.05) is 26.2 Å². The zero-order valence-electron chi connectivity index (χ0n) is 6.92. The topological polar surface area (TPSA) is 47.9 Å². The van der Waals surface area contributed by atoms with Gasteiger partial charge in [-0.05, 0) is 12.8 Å². The van der Waals surface area contributed by atoms with Crippen LogP contribution in [0.5, 0.6) is 0 Å². The van der Waals surface area contributed by atoms with Crippen molar-refractivity contribution < 1.29 is 15.2 Å². The number of aliphatic hydroxyl groups is 1. The Balaban J connectivity index is 2.21. The third-order valence-electron chi connectivity index (χ3n) is 3.28. The number of fused-ring (bicyclic) bond motifs is 3. The highest BCUT2D eigenvalue weighted by Gasteiger charge is 2.50. The van der Waals surface area contributed by atoms with Gasteiger partial charge in [0.2, 0.25) is 0 Å². The average molecular weight is 171 g/mol. The zero-order valence-corrected chi connectivity index (χ0v) is 6.92. The van der Waals surface area contributed by atoms with E-state index >= 15 is 0 Å². The number of quaternary nitrogens is 2. The lowest BCUT2D eigenvalue weighted by atomic mass is 9.72. The van der Waals surface area contributed by atoms with Gasteiger partial charge in [-0.1, -0.05) is 0 Å². The molecule has 3 aliphatic rings. The van der Waals surface area contributed by atoms with Crippen LogP contribution < -0.4 is 5.73 Å². The van der Waals surface area contributed by atoms with Gasteiger partial charge >= 0.3 is 0 Å². The normalized spacial score (nSPS) is 52.8. The van der Waals surface area contributed by atoms with Gasteiger partial charge in [-0.3, -0.25) is 0 Å². The van der Waals surface area contributed by atoms with E-state index in [2.05, 4.69) is 5.73 Å². The zero-order chi connectivity index (χ0) is 8.82. The Hall–Kier alpha value is -0.0551. The summed E-state index contributed by atoms with van der Waals surface area (Å²) in [6.45, 7) is 4.50. The molecule has 3 heterocycles. The van der Waals surface area contributed by atoms with Crippen LogP contribution in [0.1, 0.15) is 12.8 Å². The van der Waals surface area contributed by atoms with Gasteiger partial charge < -0.3 is 15.2 Å². The van der Waals surface area contributed by atoms with E-state index in [1.807, 2.05) is 0 Å². The first-order valence-electron chi connectivity index (χ1n) is 4.48. The van der Waals surface area contributed by atoms with Gasteiger partial charge in [-0.25, -0.2) is 0 Å². The van der Waals surface area contributed by atoms with Crippen LogP contribution in [0.4, 0.5) is 0 Å². The molecule has 70 valence electrons. The maximum Gasteiger partial charge on any atom is 0.169 e. The summed E-state index contributed by atoms with van der Waals surface area (Å²) in [5, 5.41) is 10.3. The molecule has 0 radical (unpaired) electrons. The van der Waals surface area contributed by atoms with Crippen molar-refractivity contribution in [2.45, 2.75) is 18.4 Å². The van der Waals surface area contributed by atoms with E-state index < -0.39 is 0 Å². The summed E-state index contributed by atoms with van der Waals surface area (Å²) >= 11 is 0. The van der Waals surface area contributed by atoms with Gasteiger partial charge in [0, 0.05) is 19.0 Å². The van der Waals surface area contributed by atoms with Crippen LogP contribution in [0.25, 0.3) is 0 Å². The minimum atomic E-state index is -0.377. The summed E-state index contributed by atoms with van der Waals surface area (Å²) in [5.41, 5.74) is 3.52. The van der Waals surface area contributed by atoms with Crippen molar-refractivity contribution in [3.8, 4) is 0 Å². The summed E-state index contributed by atoms with van der Waals surface area (Å²) in [6.07, 6.45) is 2.52. The lowest BCUT2D eigenvalue weighted by Gasteiger charge is -2.59. The van der Waals surface area contributed by atoms with Gasteiger partial charge in [-0.15, -0.1) is 0 Å². The van der Waals surface area contributed by atoms with E-state index in [9.17, 15) is 5.11 Å². The largest absolute Gasteiger partial charge is 0.520 e. The SMILES string of the molecule is [BH3-][N+]12CCC(CC1)C(O)(C[NH3+])C2. The molecule has 0 aromatic rings. The molecule has 1 atom stereocenters. The van der Waals surface area contributed by atoms with E-state index in [4.69, 9.17) is 0 Å². The van der Waals surface area contributed by atoms with Crippen molar-refractivity contribution in [1.82, 2.24) is 0 Å². The fourth-order valence-electron chi connectivity index (χ4n) is 2.43. The highest BCUT2D eigenvalue weighted by Crippen LogP contribution is 2.37. The van der Waals surface area contributed by atoms with Crippen LogP contribution in [0, 0.1) is 5.92 Å². The first kappa shape index (κ1) is 8.54. The van der Waals surface area contributed by atoms with Gasteiger partial charge in [0.1, 0.15) is 6.54 Å². The second kappa shape index (κ2) is 2.47. The Morgan fingerprint density at radius 3 is 2.42 bits per heavy atom. The summed E-state index contributed by atoms with van der Waals surface area (Å²) in [7, 11) is 0.341. The quantitative estimate of drug-likeness (QED) is 0.420. The molecule has 3 nitrogen and oxygen atoms in total. The minimum Gasteiger partial charge on any atom is -0.520 e. The molecule has 3 aliphatic heterocycles.